The van der Waals surface area contributed by atoms with E-state index < -0.39 is 0 Å². The molecule has 0 N–H and O–H groups in total. The number of hydrogen-bond donors (Lipinski definition) is 0. The van der Waals surface area contributed by atoms with Gasteiger partial charge in [-0.2, -0.15) is 0 Å². The Morgan fingerprint density at radius 3 is 1.62 bits per heavy atom. The van der Waals surface area contributed by atoms with Gasteiger partial charge in [0, 0.05) is 22.1 Å². The van der Waals surface area contributed by atoms with E-state index in [2.05, 4.69) is 68.4 Å². The molecule has 0 unspecified atom stereocenters. The van der Waals surface area contributed by atoms with Crippen LogP contribution in [0.2, 0.25) is 0 Å². The van der Waals surface area contributed by atoms with E-state index in [0.29, 0.717) is 34.7 Å². The third-order valence-electron chi connectivity index (χ3n) is 9.21. The van der Waals surface area contributed by atoms with Crippen LogP contribution in [-0.2, 0) is 5.41 Å². The first-order chi connectivity index (χ1) is 23.0. The highest BCUT2D eigenvalue weighted by molar-refractivity contribution is 5.85. The van der Waals surface area contributed by atoms with Crippen molar-refractivity contribution >= 4 is 0 Å². The molecule has 0 saturated carbocycles. The molecule has 0 amide bonds. The summed E-state index contributed by atoms with van der Waals surface area (Å²) in [6.45, 7) is 4.53. The predicted octanol–water partition coefficient (Wildman–Crippen LogP) is 10.7. The van der Waals surface area contributed by atoms with Gasteiger partial charge in [0.25, 0.3) is 0 Å². The molecule has 7 aromatic rings. The molecule has 0 atom stereocenters. The van der Waals surface area contributed by atoms with Gasteiger partial charge in [0.15, 0.2) is 40.5 Å². The lowest BCUT2D eigenvalue weighted by atomic mass is 9.82. The van der Waals surface area contributed by atoms with Crippen LogP contribution in [0.25, 0.3) is 56.4 Å². The molecule has 1 aliphatic carbocycles. The molecule has 1 aromatic heterocycles. The smallest absolute Gasteiger partial charge is 0.170 e. The summed E-state index contributed by atoms with van der Waals surface area (Å²) in [7, 11) is 0. The van der Waals surface area contributed by atoms with Crippen molar-refractivity contribution < 1.29 is 9.47 Å². The molecule has 2 heterocycles. The van der Waals surface area contributed by atoms with Crippen molar-refractivity contribution in [3.63, 3.8) is 0 Å². The van der Waals surface area contributed by atoms with Crippen molar-refractivity contribution in [3.05, 3.63) is 151 Å². The Labute approximate surface area is 273 Å². The van der Waals surface area contributed by atoms with Crippen molar-refractivity contribution in [1.82, 2.24) is 15.0 Å². The van der Waals surface area contributed by atoms with E-state index in [0.717, 1.165) is 33.6 Å². The molecule has 0 fully saturated rings. The Morgan fingerprint density at radius 1 is 0.383 bits per heavy atom. The number of hydrogen-bond acceptors (Lipinski definition) is 5. The molecule has 0 saturated heterocycles. The standard InChI is InChI=1S/C42H29N3O2/c1-42(2)33-20-12-11-18-30(33)32-24-37-38(25-34(32)42)46-35-22-21-28(23-36(35)47-37)29-17-9-10-19-31(29)41-44-39(26-13-5-3-6-14-26)43-40(45-41)27-15-7-4-8-16-27/h3-25H,1-2H3. The summed E-state index contributed by atoms with van der Waals surface area (Å²) >= 11 is 0. The SMILES string of the molecule is CC1(C)c2ccccc2-c2cc3c(cc21)Oc1ccc(-c2ccccc2-c2nc(-c4ccccc4)nc(-c4ccccc4)n2)cc1O3. The van der Waals surface area contributed by atoms with Gasteiger partial charge in [-0.1, -0.05) is 129 Å². The largest absolute Gasteiger partial charge is 0.450 e. The van der Waals surface area contributed by atoms with Gasteiger partial charge in [0.2, 0.25) is 0 Å². The van der Waals surface area contributed by atoms with Gasteiger partial charge in [-0.25, -0.2) is 15.0 Å². The monoisotopic (exact) mass is 607 g/mol. The molecule has 6 aromatic carbocycles. The molecule has 1 aliphatic heterocycles. The van der Waals surface area contributed by atoms with E-state index in [1.165, 1.54) is 22.3 Å². The number of benzene rings is 6. The summed E-state index contributed by atoms with van der Waals surface area (Å²) < 4.78 is 13.1. The predicted molar refractivity (Wildman–Crippen MR) is 186 cm³/mol. The second kappa shape index (κ2) is 10.5. The lowest BCUT2D eigenvalue weighted by Crippen LogP contribution is -2.15. The van der Waals surface area contributed by atoms with Crippen LogP contribution < -0.4 is 9.47 Å². The third-order valence-corrected chi connectivity index (χ3v) is 9.21. The minimum atomic E-state index is -0.117. The van der Waals surface area contributed by atoms with Crippen LogP contribution in [0.1, 0.15) is 25.0 Å². The highest BCUT2D eigenvalue weighted by Crippen LogP contribution is 2.55. The molecule has 5 nitrogen and oxygen atoms in total. The minimum absolute atomic E-state index is 0.117. The van der Waals surface area contributed by atoms with E-state index in [9.17, 15) is 0 Å². The number of nitrogens with zero attached hydrogens (tertiary/aromatic N) is 3. The fraction of sp³-hybridized carbons (Fsp3) is 0.0714. The summed E-state index contributed by atoms with van der Waals surface area (Å²) in [6, 6.07) is 47.2. The van der Waals surface area contributed by atoms with Crippen molar-refractivity contribution in [2.45, 2.75) is 19.3 Å². The lowest BCUT2D eigenvalue weighted by molar-refractivity contribution is 0.359. The molecular formula is C42H29N3O2. The highest BCUT2D eigenvalue weighted by atomic mass is 16.6. The Hall–Kier alpha value is -6.07. The van der Waals surface area contributed by atoms with Gasteiger partial charge in [0.05, 0.1) is 0 Å². The zero-order valence-electron chi connectivity index (χ0n) is 25.9. The summed E-state index contributed by atoms with van der Waals surface area (Å²) in [5, 5.41) is 0. The van der Waals surface area contributed by atoms with Crippen LogP contribution >= 0.6 is 0 Å². The molecule has 2 aliphatic rings. The quantitative estimate of drug-likeness (QED) is 0.199. The van der Waals surface area contributed by atoms with Gasteiger partial charge < -0.3 is 9.47 Å². The molecule has 9 rings (SSSR count). The van der Waals surface area contributed by atoms with Gasteiger partial charge in [0.1, 0.15) is 0 Å². The zero-order valence-corrected chi connectivity index (χ0v) is 25.9. The fourth-order valence-electron chi connectivity index (χ4n) is 6.80. The maximum absolute atomic E-state index is 6.58. The topological polar surface area (TPSA) is 57.1 Å². The average molecular weight is 608 g/mol. The molecular weight excluding hydrogens is 578 g/mol. The van der Waals surface area contributed by atoms with Gasteiger partial charge in [-0.05, 0) is 57.6 Å². The van der Waals surface area contributed by atoms with Crippen LogP contribution in [0.3, 0.4) is 0 Å². The Kier molecular flexibility index (Phi) is 6.09. The maximum Gasteiger partial charge on any atom is 0.170 e. The van der Waals surface area contributed by atoms with E-state index in [1.54, 1.807) is 0 Å². The van der Waals surface area contributed by atoms with Crippen LogP contribution in [0.4, 0.5) is 0 Å². The van der Waals surface area contributed by atoms with E-state index in [1.807, 2.05) is 84.9 Å². The summed E-state index contributed by atoms with van der Waals surface area (Å²) in [6.07, 6.45) is 0. The van der Waals surface area contributed by atoms with Crippen LogP contribution in [-0.4, -0.2) is 15.0 Å². The first kappa shape index (κ1) is 27.3. The van der Waals surface area contributed by atoms with Crippen molar-refractivity contribution in [2.75, 3.05) is 0 Å². The minimum Gasteiger partial charge on any atom is -0.450 e. The molecule has 47 heavy (non-hydrogen) atoms. The number of fused-ring (bicyclic) bond motifs is 5. The lowest BCUT2D eigenvalue weighted by Gasteiger charge is -2.25. The molecule has 5 heteroatoms. The molecule has 0 radical (unpaired) electrons. The van der Waals surface area contributed by atoms with Gasteiger partial charge in [-0.3, -0.25) is 0 Å². The molecule has 224 valence electrons. The van der Waals surface area contributed by atoms with E-state index in [-0.39, 0.29) is 5.41 Å². The second-order valence-corrected chi connectivity index (χ2v) is 12.5. The fourth-order valence-corrected chi connectivity index (χ4v) is 6.80. The Morgan fingerprint density at radius 2 is 0.915 bits per heavy atom. The maximum atomic E-state index is 6.58. The van der Waals surface area contributed by atoms with Crippen molar-refractivity contribution in [2.24, 2.45) is 0 Å². The third kappa shape index (κ3) is 4.50. The Balaban J connectivity index is 1.13. The first-order valence-corrected chi connectivity index (χ1v) is 15.8. The van der Waals surface area contributed by atoms with Crippen molar-refractivity contribution in [3.8, 4) is 79.4 Å². The van der Waals surface area contributed by atoms with Gasteiger partial charge >= 0.3 is 0 Å². The number of rotatable bonds is 4. The van der Waals surface area contributed by atoms with Gasteiger partial charge in [-0.15, -0.1) is 0 Å². The van der Waals surface area contributed by atoms with Crippen LogP contribution in [0.5, 0.6) is 23.0 Å². The highest BCUT2D eigenvalue weighted by Gasteiger charge is 2.37. The van der Waals surface area contributed by atoms with E-state index in [4.69, 9.17) is 24.4 Å². The van der Waals surface area contributed by atoms with Crippen molar-refractivity contribution in [1.29, 1.82) is 0 Å². The first-order valence-electron chi connectivity index (χ1n) is 15.8. The van der Waals surface area contributed by atoms with E-state index >= 15 is 0 Å². The van der Waals surface area contributed by atoms with Crippen LogP contribution in [0.15, 0.2) is 140 Å². The van der Waals surface area contributed by atoms with Crippen LogP contribution in [0, 0.1) is 0 Å². The number of aromatic nitrogens is 3. The zero-order chi connectivity index (χ0) is 31.5. The average Bonchev–Trinajstić information content (AvgIpc) is 3.35. The molecule has 0 spiro atoms. The second-order valence-electron chi connectivity index (χ2n) is 12.5. The summed E-state index contributed by atoms with van der Waals surface area (Å²) in [5.41, 5.74) is 9.61. The Bertz CT molecular complexity index is 2270. The molecule has 0 bridgehead atoms. The normalized spacial score (nSPS) is 13.4. The summed E-state index contributed by atoms with van der Waals surface area (Å²) in [5.74, 6) is 4.65. The number of ether oxygens (including phenoxy) is 2. The summed E-state index contributed by atoms with van der Waals surface area (Å²) in [4.78, 5) is 14.8.